The zero-order valence-corrected chi connectivity index (χ0v) is 21.1. The largest absolute Gasteiger partial charge is 0.783 e. The Bertz CT molecular complexity index is 1640. The minimum absolute atomic E-state index is 0.0405. The summed E-state index contributed by atoms with van der Waals surface area (Å²) < 4.78 is 55.8. The maximum Gasteiger partial charge on any atom is 0.264 e. The number of fused-ring (bicyclic) bond motifs is 1. The number of aromatic amines is 1. The number of carbonyl (C=O) groups is 1. The quantitative estimate of drug-likeness (QED) is 0.335. The molecule has 2 unspecified atom stereocenters. The van der Waals surface area contributed by atoms with Crippen molar-refractivity contribution in [3.63, 3.8) is 0 Å². The SMILES string of the molecule is CC(c1ccc(C2CC(=O)NS2([O-])[O-])c(C#N)c1)c1ccccc1S(=O)(=O)Nc1nc2ccccc2[nH]1. The molecule has 0 radical (unpaired) electrons. The first-order valence-corrected chi connectivity index (χ1v) is 14.3. The van der Waals surface area contributed by atoms with Crippen molar-refractivity contribution in [3.8, 4) is 6.07 Å². The molecule has 2 atom stereocenters. The fourth-order valence-electron chi connectivity index (χ4n) is 4.49. The number of rotatable bonds is 6. The van der Waals surface area contributed by atoms with Crippen LogP contribution in [-0.2, 0) is 14.8 Å². The molecule has 1 fully saturated rings. The Morgan fingerprint density at radius 2 is 1.86 bits per heavy atom. The normalized spacial score (nSPS) is 18.6. The number of aromatic nitrogens is 2. The number of carbonyl (C=O) groups excluding carboxylic acids is 1. The molecular formula is C25H21N5O5S2-2. The maximum absolute atomic E-state index is 13.4. The van der Waals surface area contributed by atoms with Gasteiger partial charge in [0, 0.05) is 17.6 Å². The second kappa shape index (κ2) is 9.20. The standard InChI is InChI=1S/C25H23N5O5S2/c1-15(16-10-11-19(17(12-16)14-26)23-13-24(31)29-37(23,34)35)18-6-2-5-9-22(18)36(32,33)30-25-27-20-7-3-4-8-21(20)28-25/h2-12,15,23,34-35H,13H2,1H3,(H,29,31)(H2,27,28,30)/p-2. The molecular weight excluding hydrogens is 514 g/mol. The average molecular weight is 536 g/mol. The van der Waals surface area contributed by atoms with Gasteiger partial charge in [-0.05, 0) is 41.0 Å². The van der Waals surface area contributed by atoms with E-state index in [-0.39, 0.29) is 28.4 Å². The second-order valence-corrected chi connectivity index (χ2v) is 12.2. The van der Waals surface area contributed by atoms with E-state index in [1.165, 1.54) is 18.2 Å². The van der Waals surface area contributed by atoms with Crippen LogP contribution in [0.1, 0.15) is 46.8 Å². The number of nitriles is 1. The van der Waals surface area contributed by atoms with Gasteiger partial charge in [-0.2, -0.15) is 5.26 Å². The van der Waals surface area contributed by atoms with Crippen molar-refractivity contribution < 1.29 is 22.3 Å². The van der Waals surface area contributed by atoms with Gasteiger partial charge in [-0.25, -0.2) is 18.1 Å². The lowest BCUT2D eigenvalue weighted by Gasteiger charge is -2.60. The van der Waals surface area contributed by atoms with E-state index in [0.29, 0.717) is 22.2 Å². The third-order valence-electron chi connectivity index (χ3n) is 6.34. The van der Waals surface area contributed by atoms with Crippen LogP contribution in [-0.4, -0.2) is 33.4 Å². The van der Waals surface area contributed by atoms with Crippen LogP contribution in [0.25, 0.3) is 11.0 Å². The van der Waals surface area contributed by atoms with Crippen LogP contribution in [0.4, 0.5) is 5.95 Å². The minimum atomic E-state index is -4.04. The Morgan fingerprint density at radius 1 is 1.14 bits per heavy atom. The predicted octanol–water partition coefficient (Wildman–Crippen LogP) is 3.93. The van der Waals surface area contributed by atoms with E-state index in [4.69, 9.17) is 0 Å². The smallest absolute Gasteiger partial charge is 0.264 e. The molecule has 0 bridgehead atoms. The first kappa shape index (κ1) is 24.8. The van der Waals surface area contributed by atoms with Crippen LogP contribution >= 0.6 is 10.8 Å². The van der Waals surface area contributed by atoms with E-state index >= 15 is 0 Å². The van der Waals surface area contributed by atoms with E-state index in [1.807, 2.05) is 16.9 Å². The van der Waals surface area contributed by atoms with E-state index in [1.54, 1.807) is 49.4 Å². The molecule has 10 nitrogen and oxygen atoms in total. The van der Waals surface area contributed by atoms with Crippen LogP contribution in [0.3, 0.4) is 0 Å². The highest BCUT2D eigenvalue weighted by Gasteiger charge is 2.30. The van der Waals surface area contributed by atoms with Gasteiger partial charge in [-0.3, -0.25) is 4.79 Å². The molecule has 37 heavy (non-hydrogen) atoms. The van der Waals surface area contributed by atoms with Crippen LogP contribution in [0.2, 0.25) is 0 Å². The molecule has 1 saturated heterocycles. The van der Waals surface area contributed by atoms with E-state index in [2.05, 4.69) is 14.7 Å². The van der Waals surface area contributed by atoms with Crippen molar-refractivity contribution in [1.29, 1.82) is 5.26 Å². The van der Waals surface area contributed by atoms with E-state index in [9.17, 15) is 27.6 Å². The Kier molecular flexibility index (Phi) is 6.17. The molecule has 3 N–H and O–H groups in total. The second-order valence-electron chi connectivity index (χ2n) is 8.69. The van der Waals surface area contributed by atoms with Crippen LogP contribution in [0.5, 0.6) is 0 Å². The number of hydrogen-bond donors (Lipinski definition) is 3. The van der Waals surface area contributed by atoms with Crippen molar-refractivity contribution in [2.45, 2.75) is 29.4 Å². The van der Waals surface area contributed by atoms with Gasteiger partial charge in [0.15, 0.2) is 0 Å². The Balaban J connectivity index is 1.48. The Morgan fingerprint density at radius 3 is 2.57 bits per heavy atom. The molecule has 1 aromatic heterocycles. The molecule has 1 amide bonds. The summed E-state index contributed by atoms with van der Waals surface area (Å²) in [6.45, 7) is 1.79. The zero-order valence-electron chi connectivity index (χ0n) is 19.5. The van der Waals surface area contributed by atoms with Gasteiger partial charge in [0.25, 0.3) is 10.0 Å². The lowest BCUT2D eigenvalue weighted by Crippen LogP contribution is -2.19. The van der Waals surface area contributed by atoms with Gasteiger partial charge >= 0.3 is 0 Å². The summed E-state index contributed by atoms with van der Waals surface area (Å²) in [5.41, 5.74) is 2.73. The van der Waals surface area contributed by atoms with Gasteiger partial charge < -0.3 is 29.6 Å². The highest BCUT2D eigenvalue weighted by molar-refractivity contribution is 8.23. The number of amides is 1. The third kappa shape index (κ3) is 4.65. The summed E-state index contributed by atoms with van der Waals surface area (Å²) in [4.78, 5) is 18.9. The molecule has 1 aliphatic heterocycles. The van der Waals surface area contributed by atoms with Crippen LogP contribution in [0, 0.1) is 11.3 Å². The number of hydrogen-bond acceptors (Lipinski definition) is 7. The number of imidazole rings is 1. The van der Waals surface area contributed by atoms with Gasteiger partial charge in [-0.1, -0.05) is 49.4 Å². The van der Waals surface area contributed by atoms with Crippen molar-refractivity contribution in [1.82, 2.24) is 14.7 Å². The van der Waals surface area contributed by atoms with E-state index in [0.717, 1.165) is 0 Å². The van der Waals surface area contributed by atoms with Gasteiger partial charge in [0.2, 0.25) is 11.9 Å². The topological polar surface area (TPSA) is 174 Å². The molecule has 0 saturated carbocycles. The number of anilines is 1. The first-order valence-electron chi connectivity index (χ1n) is 11.2. The van der Waals surface area contributed by atoms with Crippen molar-refractivity contribution in [2.24, 2.45) is 0 Å². The molecule has 12 heteroatoms. The number of nitrogens with zero attached hydrogens (tertiary/aromatic N) is 2. The summed E-state index contributed by atoms with van der Waals surface area (Å²) in [5, 5.41) is 8.58. The zero-order chi connectivity index (χ0) is 26.4. The molecule has 2 heterocycles. The summed E-state index contributed by atoms with van der Waals surface area (Å²) in [5.74, 6) is -1.01. The Labute approximate surface area is 214 Å². The molecule has 5 rings (SSSR count). The molecule has 4 aromatic rings. The summed E-state index contributed by atoms with van der Waals surface area (Å²) >= 11 is 0. The molecule has 0 aliphatic carbocycles. The lowest BCUT2D eigenvalue weighted by molar-refractivity contribution is -0.118. The van der Waals surface area contributed by atoms with Gasteiger partial charge in [0.05, 0.1) is 27.6 Å². The highest BCUT2D eigenvalue weighted by atomic mass is 32.3. The molecule has 190 valence electrons. The van der Waals surface area contributed by atoms with Crippen LogP contribution in [0.15, 0.2) is 71.6 Å². The number of para-hydroxylation sites is 2. The predicted molar refractivity (Wildman–Crippen MR) is 137 cm³/mol. The fraction of sp³-hybridized carbons (Fsp3) is 0.160. The summed E-state index contributed by atoms with van der Waals surface area (Å²) in [6, 6.07) is 20.4. The molecule has 1 aliphatic rings. The molecule has 0 spiro atoms. The lowest BCUT2D eigenvalue weighted by atomic mass is 9.90. The molecule has 3 aromatic carbocycles. The maximum atomic E-state index is 13.4. The van der Waals surface area contributed by atoms with Crippen LogP contribution < -0.4 is 9.44 Å². The van der Waals surface area contributed by atoms with E-state index < -0.39 is 37.9 Å². The minimum Gasteiger partial charge on any atom is -0.783 e. The third-order valence-corrected chi connectivity index (χ3v) is 9.44. The number of benzene rings is 3. The number of sulfonamides is 2. The van der Waals surface area contributed by atoms with Crippen molar-refractivity contribution in [3.05, 3.63) is 89.0 Å². The number of nitrogens with one attached hydrogen (secondary N) is 3. The fourth-order valence-corrected chi connectivity index (χ4v) is 7.22. The van der Waals surface area contributed by atoms with Gasteiger partial charge in [-0.15, -0.1) is 0 Å². The van der Waals surface area contributed by atoms with Gasteiger partial charge in [0.1, 0.15) is 0 Å². The summed E-state index contributed by atoms with van der Waals surface area (Å²) in [6.07, 6.45) is -0.263. The average Bonchev–Trinajstić information content (AvgIpc) is 3.40. The first-order chi connectivity index (χ1) is 17.6. The number of H-pyrrole nitrogens is 1. The summed E-state index contributed by atoms with van der Waals surface area (Å²) in [7, 11) is -7.96. The van der Waals surface area contributed by atoms with Crippen molar-refractivity contribution in [2.75, 3.05) is 4.72 Å². The highest BCUT2D eigenvalue weighted by Crippen LogP contribution is 2.56. The monoisotopic (exact) mass is 535 g/mol. The van der Waals surface area contributed by atoms with Crippen molar-refractivity contribution >= 4 is 43.7 Å². The Hall–Kier alpha value is -3.89.